The van der Waals surface area contributed by atoms with Crippen LogP contribution in [0.1, 0.15) is 53.0 Å². The molecule has 1 unspecified atom stereocenters. The van der Waals surface area contributed by atoms with Gasteiger partial charge < -0.3 is 14.4 Å². The fourth-order valence-electron chi connectivity index (χ4n) is 4.00. The molecule has 6 heteroatoms. The van der Waals surface area contributed by atoms with Gasteiger partial charge in [0, 0.05) is 24.8 Å². The number of H-pyrrole nitrogens is 1. The molecule has 2 aromatic carbocycles. The van der Waals surface area contributed by atoms with Crippen LogP contribution in [0.3, 0.4) is 0 Å². The van der Waals surface area contributed by atoms with Gasteiger partial charge in [-0.05, 0) is 41.3 Å². The second-order valence-corrected chi connectivity index (χ2v) is 7.80. The molecule has 156 valence electrons. The second-order valence-electron chi connectivity index (χ2n) is 7.80. The van der Waals surface area contributed by atoms with Crippen LogP contribution in [0.15, 0.2) is 48.5 Å². The predicted molar refractivity (Wildman–Crippen MR) is 116 cm³/mol. The van der Waals surface area contributed by atoms with Gasteiger partial charge in [-0.1, -0.05) is 38.1 Å². The quantitative estimate of drug-likeness (QED) is 0.633. The molecule has 0 fully saturated rings. The molecule has 0 bridgehead atoms. The Balaban J connectivity index is 1.80. The molecule has 1 aliphatic rings. The molecule has 1 atom stereocenters. The highest BCUT2D eigenvalue weighted by Gasteiger charge is 2.41. The van der Waals surface area contributed by atoms with Crippen molar-refractivity contribution >= 4 is 5.91 Å². The lowest BCUT2D eigenvalue weighted by atomic mass is 9.94. The number of carbonyl (C=O) groups is 1. The number of rotatable bonds is 7. The first kappa shape index (κ1) is 20.2. The number of hydrogen-bond acceptors (Lipinski definition) is 4. The molecule has 6 nitrogen and oxygen atoms in total. The van der Waals surface area contributed by atoms with Crippen molar-refractivity contribution in [1.82, 2.24) is 15.1 Å². The first-order valence-electron chi connectivity index (χ1n) is 10.2. The summed E-state index contributed by atoms with van der Waals surface area (Å²) in [4.78, 5) is 15.1. The maximum absolute atomic E-state index is 13.2. The molecule has 0 aliphatic carbocycles. The first-order chi connectivity index (χ1) is 14.5. The lowest BCUT2D eigenvalue weighted by Crippen LogP contribution is -2.32. The van der Waals surface area contributed by atoms with Crippen molar-refractivity contribution in [3.05, 3.63) is 70.9 Å². The van der Waals surface area contributed by atoms with Gasteiger partial charge in [0.25, 0.3) is 5.91 Å². The number of fused-ring (bicyclic) bond motifs is 1. The van der Waals surface area contributed by atoms with E-state index in [4.69, 9.17) is 9.47 Å². The van der Waals surface area contributed by atoms with Crippen molar-refractivity contribution in [1.29, 1.82) is 0 Å². The highest BCUT2D eigenvalue weighted by atomic mass is 16.5. The van der Waals surface area contributed by atoms with Crippen LogP contribution < -0.4 is 4.74 Å². The van der Waals surface area contributed by atoms with E-state index in [0.29, 0.717) is 24.8 Å². The number of ether oxygens (including phenoxy) is 2. The summed E-state index contributed by atoms with van der Waals surface area (Å²) in [6.45, 7) is 5.34. The van der Waals surface area contributed by atoms with E-state index in [2.05, 4.69) is 48.3 Å². The number of aromatic nitrogens is 2. The number of carbonyl (C=O) groups excluding carboxylic acids is 1. The molecule has 4 rings (SSSR count). The van der Waals surface area contributed by atoms with Crippen molar-refractivity contribution in [2.45, 2.75) is 25.8 Å². The molecule has 1 aromatic heterocycles. The Morgan fingerprint density at radius 1 is 1.07 bits per heavy atom. The van der Waals surface area contributed by atoms with Crippen LogP contribution in [-0.2, 0) is 4.74 Å². The van der Waals surface area contributed by atoms with Crippen LogP contribution >= 0.6 is 0 Å². The van der Waals surface area contributed by atoms with Gasteiger partial charge in [0.15, 0.2) is 0 Å². The van der Waals surface area contributed by atoms with Gasteiger partial charge >= 0.3 is 0 Å². The van der Waals surface area contributed by atoms with Crippen LogP contribution in [0.2, 0.25) is 0 Å². The van der Waals surface area contributed by atoms with E-state index >= 15 is 0 Å². The third-order valence-electron chi connectivity index (χ3n) is 5.68. The minimum atomic E-state index is -0.209. The second kappa shape index (κ2) is 8.32. The van der Waals surface area contributed by atoms with E-state index in [-0.39, 0.29) is 11.9 Å². The molecule has 1 N–H and O–H groups in total. The fraction of sp³-hybridized carbons (Fsp3) is 0.333. The van der Waals surface area contributed by atoms with Crippen molar-refractivity contribution in [3.8, 4) is 17.0 Å². The third-order valence-corrected chi connectivity index (χ3v) is 5.68. The summed E-state index contributed by atoms with van der Waals surface area (Å²) in [7, 11) is 3.29. The van der Waals surface area contributed by atoms with E-state index in [1.807, 2.05) is 29.2 Å². The summed E-state index contributed by atoms with van der Waals surface area (Å²) in [6, 6.07) is 16.1. The number of nitrogens with zero attached hydrogens (tertiary/aromatic N) is 2. The van der Waals surface area contributed by atoms with Gasteiger partial charge in [-0.3, -0.25) is 9.89 Å². The average Bonchev–Trinajstić information content (AvgIpc) is 3.31. The van der Waals surface area contributed by atoms with Gasteiger partial charge in [-0.25, -0.2) is 0 Å². The summed E-state index contributed by atoms with van der Waals surface area (Å²) in [6.07, 6.45) is 0. The van der Waals surface area contributed by atoms with Crippen LogP contribution in [0.5, 0.6) is 5.75 Å². The molecule has 3 aromatic rings. The number of nitrogens with one attached hydrogen (secondary N) is 1. The van der Waals surface area contributed by atoms with Crippen molar-refractivity contribution < 1.29 is 14.3 Å². The van der Waals surface area contributed by atoms with Crippen LogP contribution in [0.4, 0.5) is 0 Å². The maximum Gasteiger partial charge on any atom is 0.273 e. The van der Waals surface area contributed by atoms with Crippen molar-refractivity contribution in [3.63, 3.8) is 0 Å². The minimum absolute atomic E-state index is 0.0488. The van der Waals surface area contributed by atoms with Gasteiger partial charge in [-0.15, -0.1) is 0 Å². The monoisotopic (exact) mass is 405 g/mol. The van der Waals surface area contributed by atoms with Gasteiger partial charge in [0.05, 0.1) is 25.5 Å². The average molecular weight is 405 g/mol. The summed E-state index contributed by atoms with van der Waals surface area (Å²) in [5, 5.41) is 7.49. The normalized spacial score (nSPS) is 15.7. The minimum Gasteiger partial charge on any atom is -0.497 e. The zero-order valence-electron chi connectivity index (χ0n) is 17.8. The van der Waals surface area contributed by atoms with Gasteiger partial charge in [0.2, 0.25) is 0 Å². The summed E-state index contributed by atoms with van der Waals surface area (Å²) in [5.41, 5.74) is 5.54. The van der Waals surface area contributed by atoms with E-state index in [1.54, 1.807) is 14.2 Å². The smallest absolute Gasteiger partial charge is 0.273 e. The van der Waals surface area contributed by atoms with Crippen molar-refractivity contribution in [2.75, 3.05) is 27.4 Å². The zero-order chi connectivity index (χ0) is 21.3. The lowest BCUT2D eigenvalue weighted by molar-refractivity contribution is 0.0677. The largest absolute Gasteiger partial charge is 0.497 e. The molecule has 2 heterocycles. The van der Waals surface area contributed by atoms with E-state index in [0.717, 1.165) is 28.1 Å². The van der Waals surface area contributed by atoms with E-state index in [9.17, 15) is 4.79 Å². The molecule has 1 amide bonds. The lowest BCUT2D eigenvalue weighted by Gasteiger charge is -2.26. The van der Waals surface area contributed by atoms with Crippen LogP contribution in [-0.4, -0.2) is 48.4 Å². The highest BCUT2D eigenvalue weighted by molar-refractivity contribution is 6.00. The Morgan fingerprint density at radius 3 is 2.37 bits per heavy atom. The van der Waals surface area contributed by atoms with E-state index < -0.39 is 0 Å². The molecular weight excluding hydrogens is 378 g/mol. The number of amides is 1. The highest BCUT2D eigenvalue weighted by Crippen LogP contribution is 2.43. The summed E-state index contributed by atoms with van der Waals surface area (Å²) < 4.78 is 10.5. The fourth-order valence-corrected chi connectivity index (χ4v) is 4.00. The summed E-state index contributed by atoms with van der Waals surface area (Å²) in [5.74, 6) is 1.19. The molecule has 0 spiro atoms. The number of benzene rings is 2. The number of aromatic amines is 1. The Kier molecular flexibility index (Phi) is 5.59. The predicted octanol–water partition coefficient (Wildman–Crippen LogP) is 4.40. The van der Waals surface area contributed by atoms with E-state index in [1.165, 1.54) is 5.56 Å². The maximum atomic E-state index is 13.2. The Morgan fingerprint density at radius 2 is 1.77 bits per heavy atom. The number of hydrogen-bond donors (Lipinski definition) is 1. The van der Waals surface area contributed by atoms with Gasteiger partial charge in [-0.2, -0.15) is 5.10 Å². The number of methoxy groups -OCH3 is 2. The van der Waals surface area contributed by atoms with Crippen LogP contribution in [0.25, 0.3) is 11.3 Å². The molecule has 0 radical (unpaired) electrons. The standard InChI is InChI=1S/C24H27N3O3/c1-15(2)16-5-7-18(8-6-16)23-20-21(17-9-11-19(30-4)12-10-17)25-26-22(20)24(28)27(23)13-14-29-3/h5-12,15,23H,13-14H2,1-4H3,(H,25,26). The Hall–Kier alpha value is -3.12. The van der Waals surface area contributed by atoms with Crippen LogP contribution in [0, 0.1) is 0 Å². The Bertz CT molecular complexity index is 1020. The zero-order valence-corrected chi connectivity index (χ0v) is 17.8. The molecule has 0 saturated heterocycles. The Labute approximate surface area is 176 Å². The molecule has 0 saturated carbocycles. The molecule has 30 heavy (non-hydrogen) atoms. The summed E-state index contributed by atoms with van der Waals surface area (Å²) >= 11 is 0. The first-order valence-corrected chi connectivity index (χ1v) is 10.2. The topological polar surface area (TPSA) is 67.5 Å². The SMILES string of the molecule is COCCN1C(=O)c2[nH]nc(-c3ccc(OC)cc3)c2C1c1ccc(C(C)C)cc1. The molecule has 1 aliphatic heterocycles. The third kappa shape index (κ3) is 3.48. The van der Waals surface area contributed by atoms with Gasteiger partial charge in [0.1, 0.15) is 11.4 Å². The molecular formula is C24H27N3O3. The van der Waals surface area contributed by atoms with Crippen molar-refractivity contribution in [2.24, 2.45) is 0 Å².